The maximum absolute atomic E-state index is 11.2. The van der Waals surface area contributed by atoms with Gasteiger partial charge >= 0.3 is 0 Å². The van der Waals surface area contributed by atoms with Crippen LogP contribution in [0.25, 0.3) is 22.0 Å². The number of ether oxygens (including phenoxy) is 4. The summed E-state index contributed by atoms with van der Waals surface area (Å²) in [6, 6.07) is 29.8. The second kappa shape index (κ2) is 16.3. The van der Waals surface area contributed by atoms with Crippen molar-refractivity contribution in [3.8, 4) is 39.9 Å². The molecule has 2 heterocycles. The summed E-state index contributed by atoms with van der Waals surface area (Å²) in [6.07, 6.45) is 3.30. The smallest absolute Gasteiger partial charge is 0.161 e. The van der Waals surface area contributed by atoms with Crippen molar-refractivity contribution in [1.29, 1.82) is 0 Å². The van der Waals surface area contributed by atoms with Crippen LogP contribution in [0.5, 0.6) is 28.7 Å². The van der Waals surface area contributed by atoms with Crippen LogP contribution in [0, 0.1) is 0 Å². The fourth-order valence-electron chi connectivity index (χ4n) is 8.41. The molecule has 3 atom stereocenters. The van der Waals surface area contributed by atoms with Crippen molar-refractivity contribution >= 4 is 10.9 Å². The van der Waals surface area contributed by atoms with Crippen molar-refractivity contribution in [3.63, 3.8) is 0 Å². The van der Waals surface area contributed by atoms with E-state index in [4.69, 9.17) is 18.9 Å². The molecule has 0 bridgehead atoms. The van der Waals surface area contributed by atoms with Gasteiger partial charge in [-0.3, -0.25) is 5.32 Å². The molecular formula is C46H48N2O8. The average molecular weight is 757 g/mol. The number of hydrogen-bond acceptors (Lipinski definition) is 9. The van der Waals surface area contributed by atoms with E-state index in [0.717, 1.165) is 68.3 Å². The van der Waals surface area contributed by atoms with E-state index in [1.54, 1.807) is 13.2 Å². The lowest BCUT2D eigenvalue weighted by atomic mass is 9.73. The van der Waals surface area contributed by atoms with E-state index in [9.17, 15) is 20.4 Å². The van der Waals surface area contributed by atoms with Crippen LogP contribution >= 0.6 is 0 Å². The van der Waals surface area contributed by atoms with E-state index in [-0.39, 0.29) is 30.6 Å². The quantitative estimate of drug-likeness (QED) is 0.0655. The number of aromatic hydroxyl groups is 2. The molecule has 10 heteroatoms. The van der Waals surface area contributed by atoms with E-state index in [0.29, 0.717) is 43.2 Å². The van der Waals surface area contributed by atoms with Gasteiger partial charge in [0, 0.05) is 35.3 Å². The average Bonchev–Trinajstić information content (AvgIpc) is 3.70. The van der Waals surface area contributed by atoms with Crippen molar-refractivity contribution in [2.24, 2.45) is 0 Å². The molecule has 2 aliphatic rings. The predicted octanol–water partition coefficient (Wildman–Crippen LogP) is 6.89. The van der Waals surface area contributed by atoms with Gasteiger partial charge in [-0.2, -0.15) is 0 Å². The van der Waals surface area contributed by atoms with Gasteiger partial charge in [0.1, 0.15) is 29.5 Å². The van der Waals surface area contributed by atoms with Crippen LogP contribution in [0.1, 0.15) is 51.0 Å². The number of aliphatic hydroxyl groups is 2. The van der Waals surface area contributed by atoms with Crippen LogP contribution in [0.2, 0.25) is 0 Å². The molecular weight excluding hydrogens is 709 g/mol. The van der Waals surface area contributed by atoms with Crippen LogP contribution in [0.3, 0.4) is 0 Å². The molecule has 10 nitrogen and oxygen atoms in total. The number of fused-ring (bicyclic) bond motifs is 6. The maximum Gasteiger partial charge on any atom is 0.161 e. The van der Waals surface area contributed by atoms with E-state index >= 15 is 0 Å². The molecule has 0 amide bonds. The molecule has 8 rings (SSSR count). The Labute approximate surface area is 326 Å². The lowest BCUT2D eigenvalue weighted by molar-refractivity contribution is -0.0430. The number of phenolic OH excluding ortho intramolecular Hbond substituents is 2. The first-order valence-electron chi connectivity index (χ1n) is 19.2. The second-order valence-corrected chi connectivity index (χ2v) is 14.7. The van der Waals surface area contributed by atoms with E-state index in [1.807, 2.05) is 61.8 Å². The molecule has 0 spiro atoms. The van der Waals surface area contributed by atoms with Crippen LogP contribution in [-0.2, 0) is 36.8 Å². The van der Waals surface area contributed by atoms with Crippen molar-refractivity contribution in [1.82, 2.24) is 10.3 Å². The summed E-state index contributed by atoms with van der Waals surface area (Å²) < 4.78 is 25.6. The minimum atomic E-state index is -0.858. The van der Waals surface area contributed by atoms with Crippen molar-refractivity contribution < 1.29 is 39.4 Å². The van der Waals surface area contributed by atoms with E-state index < -0.39 is 18.3 Å². The van der Waals surface area contributed by atoms with Gasteiger partial charge in [-0.05, 0) is 125 Å². The number of aromatic amines is 1. The third-order valence-corrected chi connectivity index (χ3v) is 11.2. The molecule has 0 radical (unpaired) electrons. The molecule has 0 saturated heterocycles. The molecule has 5 aromatic carbocycles. The largest absolute Gasteiger partial charge is 0.508 e. The fraction of sp³-hybridized carbons (Fsp3) is 0.304. The molecule has 6 aromatic rings. The van der Waals surface area contributed by atoms with Gasteiger partial charge in [0.15, 0.2) is 17.6 Å². The number of aromatic nitrogens is 1. The molecule has 1 aliphatic carbocycles. The van der Waals surface area contributed by atoms with Crippen LogP contribution < -0.4 is 19.5 Å². The number of nitrogens with one attached hydrogen (secondary N) is 2. The van der Waals surface area contributed by atoms with E-state index in [2.05, 4.69) is 46.7 Å². The number of hydrogen-bond donors (Lipinski definition) is 6. The Morgan fingerprint density at radius 2 is 1.70 bits per heavy atom. The molecule has 0 unspecified atom stereocenters. The standard InChI is InChI=1S/C46H48N2O8/c1-47-26-54-43-22-37-38-19-31(17-28-9-13-39-29(16-28)14-15-48-39)36-21-33(51)11-12-35(36)44(38)41(55-34(24-49)25-50)23-40(37)56-46(43)32-18-30(45(52)42(20-32)53-2)10-8-27-6-4-3-5-7-27/h3-7,9,11-16,18,20-21,23,31,34,43,46-52H,8,10,17,19,22,24-26H2,1-2H3/t31-,43-,46-/m1/s1. The molecule has 56 heavy (non-hydrogen) atoms. The number of rotatable bonds is 14. The van der Waals surface area contributed by atoms with Crippen molar-refractivity contribution in [3.05, 3.63) is 136 Å². The van der Waals surface area contributed by atoms with Gasteiger partial charge in [-0.15, -0.1) is 0 Å². The Hall–Kier alpha value is -5.52. The lowest BCUT2D eigenvalue weighted by Crippen LogP contribution is -2.36. The van der Waals surface area contributed by atoms with Crippen molar-refractivity contribution in [2.75, 3.05) is 34.1 Å². The Morgan fingerprint density at radius 3 is 2.48 bits per heavy atom. The van der Waals surface area contributed by atoms with Gasteiger partial charge in [-0.25, -0.2) is 0 Å². The highest BCUT2D eigenvalue weighted by Gasteiger charge is 2.39. The summed E-state index contributed by atoms with van der Waals surface area (Å²) in [5.74, 6) is 1.75. The first-order valence-corrected chi connectivity index (χ1v) is 19.2. The van der Waals surface area contributed by atoms with Crippen molar-refractivity contribution in [2.45, 2.75) is 56.3 Å². The molecule has 290 valence electrons. The minimum Gasteiger partial charge on any atom is -0.508 e. The van der Waals surface area contributed by atoms with Gasteiger partial charge in [-0.1, -0.05) is 42.5 Å². The highest BCUT2D eigenvalue weighted by molar-refractivity contribution is 5.83. The summed E-state index contributed by atoms with van der Waals surface area (Å²) in [6.45, 7) is -0.463. The summed E-state index contributed by atoms with van der Waals surface area (Å²) in [7, 11) is 3.38. The molecule has 0 fully saturated rings. The first-order chi connectivity index (χ1) is 27.4. The summed E-state index contributed by atoms with van der Waals surface area (Å²) >= 11 is 0. The van der Waals surface area contributed by atoms with Crippen LogP contribution in [0.4, 0.5) is 0 Å². The Morgan fingerprint density at radius 1 is 0.857 bits per heavy atom. The molecule has 1 aliphatic heterocycles. The summed E-state index contributed by atoms with van der Waals surface area (Å²) in [5.41, 5.74) is 9.78. The Balaban J connectivity index is 1.23. The second-order valence-electron chi connectivity index (χ2n) is 14.7. The number of phenols is 2. The van der Waals surface area contributed by atoms with Crippen LogP contribution in [0.15, 0.2) is 97.2 Å². The zero-order valence-corrected chi connectivity index (χ0v) is 31.6. The highest BCUT2D eigenvalue weighted by atomic mass is 16.6. The van der Waals surface area contributed by atoms with Crippen LogP contribution in [-0.4, -0.2) is 71.7 Å². The monoisotopic (exact) mass is 756 g/mol. The predicted molar refractivity (Wildman–Crippen MR) is 215 cm³/mol. The Kier molecular flexibility index (Phi) is 10.9. The number of aryl methyl sites for hydroxylation is 2. The number of benzene rings is 5. The molecule has 0 saturated carbocycles. The van der Waals surface area contributed by atoms with Gasteiger partial charge in [0.2, 0.25) is 0 Å². The van der Waals surface area contributed by atoms with Gasteiger partial charge in [0.25, 0.3) is 0 Å². The number of aliphatic hydroxyl groups excluding tert-OH is 2. The maximum atomic E-state index is 11.2. The third kappa shape index (κ3) is 7.41. The topological polar surface area (TPSA) is 146 Å². The summed E-state index contributed by atoms with van der Waals surface area (Å²) in [5, 5.41) is 46.6. The summed E-state index contributed by atoms with van der Waals surface area (Å²) in [4.78, 5) is 3.28. The fourth-order valence-corrected chi connectivity index (χ4v) is 8.41. The first kappa shape index (κ1) is 37.4. The molecule has 6 N–H and O–H groups in total. The molecule has 1 aromatic heterocycles. The lowest BCUT2D eigenvalue weighted by Gasteiger charge is -2.38. The third-order valence-electron chi connectivity index (χ3n) is 11.2. The zero-order chi connectivity index (χ0) is 38.8. The number of methoxy groups -OCH3 is 1. The SMILES string of the molecule is CNCO[C@@H]1Cc2c(cc(OC(CO)CO)c3c2C[C@@H](Cc2ccc4[nH]ccc4c2)c2cc(O)ccc2-3)O[C@@H]1c1cc(CCc2ccccc2)c(O)c(OC)c1. The van der Waals surface area contributed by atoms with E-state index in [1.165, 1.54) is 5.56 Å². The van der Waals surface area contributed by atoms with Gasteiger partial charge in [0.05, 0.1) is 27.1 Å². The number of H-pyrrole nitrogens is 1. The van der Waals surface area contributed by atoms with Gasteiger partial charge < -0.3 is 44.4 Å². The minimum absolute atomic E-state index is 0.00903. The Bertz CT molecular complexity index is 2320. The zero-order valence-electron chi connectivity index (χ0n) is 31.6. The highest BCUT2D eigenvalue weighted by Crippen LogP contribution is 2.53. The normalized spacial score (nSPS) is 17.3.